The molecule has 0 aliphatic carbocycles. The van der Waals surface area contributed by atoms with E-state index in [-0.39, 0.29) is 37.1 Å². The number of anilines is 3. The first-order chi connectivity index (χ1) is 41.4. The van der Waals surface area contributed by atoms with Crippen LogP contribution in [0.25, 0.3) is 11.1 Å². The second-order valence-electron chi connectivity index (χ2n) is 24.0. The van der Waals surface area contributed by atoms with Gasteiger partial charge in [-0.05, 0) is 90.0 Å². The molecule has 0 aromatic heterocycles. The fourth-order valence-corrected chi connectivity index (χ4v) is 11.7. The highest BCUT2D eigenvalue weighted by molar-refractivity contribution is 6.76. The second-order valence-corrected chi connectivity index (χ2v) is 35.3. The van der Waals surface area contributed by atoms with Crippen LogP contribution in [0.5, 0.6) is 28.7 Å². The van der Waals surface area contributed by atoms with E-state index in [1.54, 1.807) is 65.7 Å². The third-order valence-electron chi connectivity index (χ3n) is 15.2. The SMILES string of the molecule is COCCOCCOCCOCCOc1ccc(C2=CN3C(=O)c4cc(OC)c(OCCCCCOc5cc6c(cc5OC)C(=O)N5C=C(c7ccc(N)cc7)C[C@@H]5C(=O)N6COCC[Si](C)(C)C)cc4N(COCC[Si](C)(C)C)C(=O)[C@H]3C2)cc1. The van der Waals surface area contributed by atoms with Crippen molar-refractivity contribution in [3.63, 3.8) is 0 Å². The number of amides is 4. The molecule has 4 aromatic rings. The molecule has 86 heavy (non-hydrogen) atoms. The van der Waals surface area contributed by atoms with E-state index in [4.69, 9.17) is 57.8 Å². The van der Waals surface area contributed by atoms with Crippen LogP contribution in [0.15, 0.2) is 85.2 Å². The van der Waals surface area contributed by atoms with Crippen molar-refractivity contribution in [3.05, 3.63) is 107 Å². The maximum atomic E-state index is 14.8. The molecule has 4 aliphatic rings. The van der Waals surface area contributed by atoms with Crippen LogP contribution in [0, 0.1) is 0 Å². The number of hydrogen-bond donors (Lipinski definition) is 1. The van der Waals surface area contributed by atoms with Crippen molar-refractivity contribution in [3.8, 4) is 28.7 Å². The summed E-state index contributed by atoms with van der Waals surface area (Å²) >= 11 is 0. The standard InChI is InChI=1S/C64H87N5O15Si2/c1-74-23-24-77-25-26-78-27-28-79-29-30-82-50-19-15-46(16-20-50)48-36-56-64(73)69(44-81-32-34-86(7,8)9)54-40-60(58(76-3)38-52(54)62(71)67(56)42-48)84-22-12-10-11-21-83-59-39-53-51(37-57(59)75-2)61(70)66-41-47(45-13-17-49(65)18-14-45)35-55(66)63(72)68(53)43-80-31-33-85(4,5)6/h13-20,37-42,55-56H,10-12,21-36,43-44,65H2,1-9H3/t55-,56-/m1/s1. The Morgan fingerprint density at radius 1 is 0.465 bits per heavy atom. The number of benzene rings is 4. The van der Waals surface area contributed by atoms with Gasteiger partial charge in [-0.15, -0.1) is 0 Å². The fourth-order valence-electron chi connectivity index (χ4n) is 10.2. The van der Waals surface area contributed by atoms with Crippen molar-refractivity contribution < 1.29 is 71.3 Å². The van der Waals surface area contributed by atoms with Gasteiger partial charge in [0.25, 0.3) is 23.6 Å². The van der Waals surface area contributed by atoms with Crippen LogP contribution in [0.4, 0.5) is 17.1 Å². The fraction of sp³-hybridized carbons (Fsp3) is 0.500. The number of nitrogens with two attached hydrogens (primary N) is 1. The van der Waals surface area contributed by atoms with Gasteiger partial charge in [0.1, 0.15) is 37.9 Å². The molecule has 4 aliphatic heterocycles. The Morgan fingerprint density at radius 3 is 1.30 bits per heavy atom. The molecule has 4 amide bonds. The van der Waals surface area contributed by atoms with Crippen LogP contribution in [-0.4, -0.2) is 176 Å². The molecule has 2 atom stereocenters. The average Bonchev–Trinajstić information content (AvgIpc) is 1.76. The van der Waals surface area contributed by atoms with E-state index in [1.165, 1.54) is 24.0 Å². The summed E-state index contributed by atoms with van der Waals surface area (Å²) < 4.78 is 64.3. The van der Waals surface area contributed by atoms with Crippen molar-refractivity contribution in [1.82, 2.24) is 9.80 Å². The number of nitrogen functional groups attached to an aromatic ring is 1. The van der Waals surface area contributed by atoms with Crippen LogP contribution < -0.4 is 39.2 Å². The van der Waals surface area contributed by atoms with Crippen molar-refractivity contribution in [1.29, 1.82) is 0 Å². The molecule has 0 spiro atoms. The van der Waals surface area contributed by atoms with Gasteiger partial charge in [-0.25, -0.2) is 0 Å². The Labute approximate surface area is 508 Å². The number of methoxy groups -OCH3 is 3. The van der Waals surface area contributed by atoms with E-state index in [0.717, 1.165) is 34.4 Å². The Morgan fingerprint density at radius 2 is 0.884 bits per heavy atom. The minimum Gasteiger partial charge on any atom is -0.493 e. The van der Waals surface area contributed by atoms with E-state index in [9.17, 15) is 19.2 Å². The third kappa shape index (κ3) is 17.3. The molecule has 0 saturated carbocycles. The van der Waals surface area contributed by atoms with Gasteiger partial charge in [0.2, 0.25) is 0 Å². The first-order valence-electron chi connectivity index (χ1n) is 29.7. The molecule has 0 fully saturated rings. The smallest absolute Gasteiger partial charge is 0.260 e. The third-order valence-corrected chi connectivity index (χ3v) is 18.6. The monoisotopic (exact) mass is 1220 g/mol. The first-order valence-corrected chi connectivity index (χ1v) is 37.2. The topological polar surface area (TPSA) is 209 Å². The number of nitrogens with zero attached hydrogens (tertiary/aromatic N) is 4. The average molecular weight is 1220 g/mol. The summed E-state index contributed by atoms with van der Waals surface area (Å²) in [5.74, 6) is 0.971. The summed E-state index contributed by atoms with van der Waals surface area (Å²) in [5, 5.41) is 0. The predicted octanol–water partition coefficient (Wildman–Crippen LogP) is 9.82. The number of carbonyl (C=O) groups is 4. The first kappa shape index (κ1) is 65.2. The highest BCUT2D eigenvalue weighted by atomic mass is 28.3. The maximum Gasteiger partial charge on any atom is 0.260 e. The lowest BCUT2D eigenvalue weighted by molar-refractivity contribution is -0.123. The van der Waals surface area contributed by atoms with E-state index >= 15 is 0 Å². The van der Waals surface area contributed by atoms with Gasteiger partial charge in [-0.1, -0.05) is 63.5 Å². The van der Waals surface area contributed by atoms with Gasteiger partial charge in [0.05, 0.1) is 96.2 Å². The number of unbranched alkanes of at least 4 members (excludes halogenated alkanes) is 2. The lowest BCUT2D eigenvalue weighted by Gasteiger charge is -2.27. The molecule has 20 nitrogen and oxygen atoms in total. The summed E-state index contributed by atoms with van der Waals surface area (Å²) in [4.78, 5) is 64.6. The molecular formula is C64H87N5O15Si2. The zero-order valence-electron chi connectivity index (χ0n) is 51.6. The molecule has 8 rings (SSSR count). The number of ether oxygens (including phenoxy) is 11. The Kier molecular flexibility index (Phi) is 23.3. The Balaban J connectivity index is 0.895. The van der Waals surface area contributed by atoms with Crippen LogP contribution in [0.1, 0.15) is 63.9 Å². The highest BCUT2D eigenvalue weighted by Gasteiger charge is 2.45. The van der Waals surface area contributed by atoms with Crippen molar-refractivity contribution in [2.24, 2.45) is 0 Å². The van der Waals surface area contributed by atoms with Gasteiger partial charge < -0.3 is 67.6 Å². The molecule has 4 aromatic carbocycles. The molecule has 4 heterocycles. The molecule has 0 bridgehead atoms. The largest absolute Gasteiger partial charge is 0.493 e. The summed E-state index contributed by atoms with van der Waals surface area (Å²) in [6.07, 6.45) is 6.15. The second kappa shape index (κ2) is 30.7. The lowest BCUT2D eigenvalue weighted by atomic mass is 10.0. The van der Waals surface area contributed by atoms with E-state index in [2.05, 4.69) is 39.3 Å². The number of rotatable bonds is 35. The minimum atomic E-state index is -1.47. The van der Waals surface area contributed by atoms with Crippen LogP contribution in [0.2, 0.25) is 51.4 Å². The number of fused-ring (bicyclic) bond motifs is 4. The summed E-state index contributed by atoms with van der Waals surface area (Å²) in [7, 11) is 1.77. The quantitative estimate of drug-likeness (QED) is 0.0258. The Bertz CT molecular complexity index is 3020. The van der Waals surface area contributed by atoms with E-state index in [1.807, 2.05) is 36.4 Å². The molecule has 22 heteroatoms. The summed E-state index contributed by atoms with van der Waals surface area (Å²) in [6, 6.07) is 22.0. The Hall–Kier alpha value is -6.77. The predicted molar refractivity (Wildman–Crippen MR) is 336 cm³/mol. The van der Waals surface area contributed by atoms with Crippen molar-refractivity contribution in [2.75, 3.05) is 130 Å². The van der Waals surface area contributed by atoms with Crippen molar-refractivity contribution in [2.45, 2.75) is 95.6 Å². The van der Waals surface area contributed by atoms with E-state index in [0.29, 0.717) is 168 Å². The van der Waals surface area contributed by atoms with Crippen LogP contribution >= 0.6 is 0 Å². The van der Waals surface area contributed by atoms with Gasteiger partial charge >= 0.3 is 0 Å². The van der Waals surface area contributed by atoms with Crippen molar-refractivity contribution >= 4 is 68.0 Å². The maximum absolute atomic E-state index is 14.8. The number of carbonyl (C=O) groups excluding carboxylic acids is 4. The van der Waals surface area contributed by atoms with Gasteiger partial charge in [0.15, 0.2) is 23.0 Å². The van der Waals surface area contributed by atoms with E-state index < -0.39 is 28.2 Å². The minimum absolute atomic E-state index is 0.0297. The van der Waals surface area contributed by atoms with Crippen LogP contribution in [-0.2, 0) is 38.0 Å². The van der Waals surface area contributed by atoms with Gasteiger partial charge in [0, 0.05) is 79.5 Å². The van der Waals surface area contributed by atoms with Gasteiger partial charge in [-0.2, -0.15) is 0 Å². The zero-order chi connectivity index (χ0) is 61.4. The molecular weight excluding hydrogens is 1130 g/mol. The summed E-state index contributed by atoms with van der Waals surface area (Å²) in [5.41, 5.74) is 11.4. The van der Waals surface area contributed by atoms with Crippen LogP contribution in [0.3, 0.4) is 0 Å². The van der Waals surface area contributed by atoms with Gasteiger partial charge in [-0.3, -0.25) is 29.0 Å². The molecule has 466 valence electrons. The molecule has 0 radical (unpaired) electrons. The summed E-state index contributed by atoms with van der Waals surface area (Å²) in [6.45, 7) is 18.8. The molecule has 0 unspecified atom stereocenters. The number of hydrogen-bond acceptors (Lipinski definition) is 16. The lowest BCUT2D eigenvalue weighted by Crippen LogP contribution is -2.45. The highest BCUT2D eigenvalue weighted by Crippen LogP contribution is 2.44. The molecule has 2 N–H and O–H groups in total. The normalized spacial score (nSPS) is 16.8. The molecule has 0 saturated heterocycles. The zero-order valence-corrected chi connectivity index (χ0v) is 53.6.